The summed E-state index contributed by atoms with van der Waals surface area (Å²) >= 11 is 0. The molecule has 8 nitrogen and oxygen atoms in total. The van der Waals surface area contributed by atoms with Gasteiger partial charge in [-0.3, -0.25) is 15.0 Å². The molecule has 1 aromatic rings. The number of nitrogens with zero attached hydrogens (tertiary/aromatic N) is 2. The summed E-state index contributed by atoms with van der Waals surface area (Å²) in [6, 6.07) is 5.59. The molecular formula is C16H24ClN3O5. The predicted molar refractivity (Wildman–Crippen MR) is 95.2 cm³/mol. The van der Waals surface area contributed by atoms with E-state index in [0.717, 1.165) is 18.7 Å². The van der Waals surface area contributed by atoms with Crippen molar-refractivity contribution in [3.8, 4) is 5.75 Å². The van der Waals surface area contributed by atoms with Crippen molar-refractivity contribution in [3.63, 3.8) is 0 Å². The molecule has 0 aromatic heterocycles. The second-order valence-electron chi connectivity index (χ2n) is 6.09. The van der Waals surface area contributed by atoms with Gasteiger partial charge in [-0.25, -0.2) is 4.79 Å². The van der Waals surface area contributed by atoms with E-state index in [1.54, 1.807) is 6.07 Å². The van der Waals surface area contributed by atoms with Gasteiger partial charge in [0.25, 0.3) is 0 Å². The number of nitro benzene ring substituents is 1. The van der Waals surface area contributed by atoms with Crippen LogP contribution < -0.4 is 10.1 Å². The van der Waals surface area contributed by atoms with Crippen LogP contribution >= 0.6 is 12.4 Å². The fraction of sp³-hybridized carbons (Fsp3) is 0.562. The Labute approximate surface area is 153 Å². The zero-order valence-corrected chi connectivity index (χ0v) is 15.4. The first kappa shape index (κ1) is 21.1. The van der Waals surface area contributed by atoms with Gasteiger partial charge in [0.05, 0.1) is 12.0 Å². The van der Waals surface area contributed by atoms with Crippen LogP contribution in [0.15, 0.2) is 18.2 Å². The molecule has 0 amide bonds. The Morgan fingerprint density at radius 2 is 2.00 bits per heavy atom. The van der Waals surface area contributed by atoms with Crippen molar-refractivity contribution in [2.75, 3.05) is 26.8 Å². The highest BCUT2D eigenvalue weighted by Crippen LogP contribution is 2.28. The van der Waals surface area contributed by atoms with Crippen LogP contribution in [0.3, 0.4) is 0 Å². The SMILES string of the molecule is COC(=O)COc1ccc(CN2CC(C)NC(C)C2)cc1[N+](=O)[O-].Cl. The maximum absolute atomic E-state index is 11.3. The van der Waals surface area contributed by atoms with E-state index in [9.17, 15) is 14.9 Å². The monoisotopic (exact) mass is 373 g/mol. The number of nitrogens with one attached hydrogen (secondary N) is 1. The molecule has 2 unspecified atom stereocenters. The highest BCUT2D eigenvalue weighted by Gasteiger charge is 2.22. The molecular weight excluding hydrogens is 350 g/mol. The lowest BCUT2D eigenvalue weighted by Crippen LogP contribution is -2.53. The Balaban J connectivity index is 0.00000312. The molecule has 2 rings (SSSR count). The van der Waals surface area contributed by atoms with E-state index < -0.39 is 10.9 Å². The summed E-state index contributed by atoms with van der Waals surface area (Å²) in [6.45, 7) is 6.29. The molecule has 140 valence electrons. The molecule has 1 fully saturated rings. The first-order valence-electron chi connectivity index (χ1n) is 7.84. The highest BCUT2D eigenvalue weighted by atomic mass is 35.5. The van der Waals surface area contributed by atoms with E-state index >= 15 is 0 Å². The quantitative estimate of drug-likeness (QED) is 0.461. The number of esters is 1. The summed E-state index contributed by atoms with van der Waals surface area (Å²) in [7, 11) is 1.23. The molecule has 2 atom stereocenters. The second kappa shape index (κ2) is 9.55. The molecule has 1 aliphatic heterocycles. The molecule has 1 aliphatic rings. The molecule has 9 heteroatoms. The molecule has 1 N–H and O–H groups in total. The Kier molecular flexibility index (Phi) is 8.08. The number of rotatable bonds is 6. The highest BCUT2D eigenvalue weighted by molar-refractivity contribution is 5.85. The smallest absolute Gasteiger partial charge is 0.343 e. The van der Waals surface area contributed by atoms with Gasteiger partial charge in [0.15, 0.2) is 12.4 Å². The summed E-state index contributed by atoms with van der Waals surface area (Å²) in [4.78, 5) is 24.2. The maximum Gasteiger partial charge on any atom is 0.343 e. The van der Waals surface area contributed by atoms with Gasteiger partial charge in [-0.15, -0.1) is 12.4 Å². The van der Waals surface area contributed by atoms with Gasteiger partial charge in [-0.1, -0.05) is 6.07 Å². The average Bonchev–Trinajstić information content (AvgIpc) is 2.52. The van der Waals surface area contributed by atoms with Crippen LogP contribution in [0.1, 0.15) is 19.4 Å². The molecule has 0 spiro atoms. The van der Waals surface area contributed by atoms with Crippen LogP contribution in [-0.4, -0.2) is 54.7 Å². The van der Waals surface area contributed by atoms with Gasteiger partial charge in [0, 0.05) is 37.8 Å². The zero-order valence-electron chi connectivity index (χ0n) is 14.6. The molecule has 1 saturated heterocycles. The third-order valence-electron chi connectivity index (χ3n) is 3.83. The summed E-state index contributed by atoms with van der Waals surface area (Å²) in [6.07, 6.45) is 0. The van der Waals surface area contributed by atoms with Crippen molar-refractivity contribution in [2.24, 2.45) is 0 Å². The number of carbonyl (C=O) groups is 1. The zero-order chi connectivity index (χ0) is 17.7. The van der Waals surface area contributed by atoms with Crippen LogP contribution in [0.25, 0.3) is 0 Å². The lowest BCUT2D eigenvalue weighted by atomic mass is 10.1. The van der Waals surface area contributed by atoms with Crippen molar-refractivity contribution in [2.45, 2.75) is 32.5 Å². The van der Waals surface area contributed by atoms with E-state index in [0.29, 0.717) is 18.6 Å². The van der Waals surface area contributed by atoms with E-state index in [1.165, 1.54) is 19.2 Å². The van der Waals surface area contributed by atoms with Gasteiger partial charge < -0.3 is 14.8 Å². The lowest BCUT2D eigenvalue weighted by molar-refractivity contribution is -0.385. The van der Waals surface area contributed by atoms with Crippen molar-refractivity contribution < 1.29 is 19.2 Å². The van der Waals surface area contributed by atoms with Gasteiger partial charge in [0.1, 0.15) is 0 Å². The number of hydrogen-bond acceptors (Lipinski definition) is 7. The van der Waals surface area contributed by atoms with Gasteiger partial charge in [-0.05, 0) is 25.5 Å². The van der Waals surface area contributed by atoms with Crippen molar-refractivity contribution in [1.82, 2.24) is 10.2 Å². The first-order valence-corrected chi connectivity index (χ1v) is 7.84. The number of ether oxygens (including phenoxy) is 2. The summed E-state index contributed by atoms with van der Waals surface area (Å²) in [5, 5.41) is 14.7. The molecule has 1 aromatic carbocycles. The maximum atomic E-state index is 11.3. The minimum atomic E-state index is -0.586. The standard InChI is InChI=1S/C16H23N3O5.ClH/c1-11-7-18(8-12(2)17-11)9-13-4-5-15(14(6-13)19(21)22)24-10-16(20)23-3;/h4-6,11-12,17H,7-10H2,1-3H3;1H. The van der Waals surface area contributed by atoms with Crippen molar-refractivity contribution in [1.29, 1.82) is 0 Å². The largest absolute Gasteiger partial charge is 0.475 e. The fourth-order valence-electron chi connectivity index (χ4n) is 2.95. The predicted octanol–water partition coefficient (Wildman–Crippen LogP) is 1.75. The Morgan fingerprint density at radius 3 is 2.56 bits per heavy atom. The minimum Gasteiger partial charge on any atom is -0.475 e. The number of halogens is 1. The normalized spacial score (nSPS) is 20.4. The second-order valence-corrected chi connectivity index (χ2v) is 6.09. The van der Waals surface area contributed by atoms with Crippen LogP contribution in [-0.2, 0) is 16.1 Å². The lowest BCUT2D eigenvalue weighted by Gasteiger charge is -2.36. The fourth-order valence-corrected chi connectivity index (χ4v) is 2.95. The Hall–Kier alpha value is -1.90. The van der Waals surface area contributed by atoms with Gasteiger partial charge >= 0.3 is 11.7 Å². The van der Waals surface area contributed by atoms with E-state index in [2.05, 4.69) is 28.8 Å². The molecule has 0 bridgehead atoms. The van der Waals surface area contributed by atoms with E-state index in [4.69, 9.17) is 4.74 Å². The van der Waals surface area contributed by atoms with Crippen molar-refractivity contribution >= 4 is 24.1 Å². The van der Waals surface area contributed by atoms with Crippen molar-refractivity contribution in [3.05, 3.63) is 33.9 Å². The number of carbonyl (C=O) groups excluding carboxylic acids is 1. The minimum absolute atomic E-state index is 0. The van der Waals surface area contributed by atoms with Crippen LogP contribution in [0, 0.1) is 10.1 Å². The topological polar surface area (TPSA) is 93.9 Å². The first-order chi connectivity index (χ1) is 11.4. The van der Waals surface area contributed by atoms with E-state index in [-0.39, 0.29) is 30.5 Å². The number of piperazine rings is 1. The molecule has 25 heavy (non-hydrogen) atoms. The number of nitro groups is 1. The summed E-state index contributed by atoms with van der Waals surface area (Å²) in [5.41, 5.74) is 0.695. The Bertz CT molecular complexity index is 603. The van der Waals surface area contributed by atoms with E-state index in [1.807, 2.05) is 0 Å². The number of hydrogen-bond donors (Lipinski definition) is 1. The molecule has 0 saturated carbocycles. The molecule has 0 aliphatic carbocycles. The average molecular weight is 374 g/mol. The Morgan fingerprint density at radius 1 is 1.36 bits per heavy atom. The molecule has 1 heterocycles. The van der Waals surface area contributed by atoms with Crippen LogP contribution in [0.2, 0.25) is 0 Å². The van der Waals surface area contributed by atoms with Gasteiger partial charge in [0.2, 0.25) is 0 Å². The third kappa shape index (κ3) is 6.15. The van der Waals surface area contributed by atoms with Gasteiger partial charge in [-0.2, -0.15) is 0 Å². The number of benzene rings is 1. The number of methoxy groups -OCH3 is 1. The van der Waals surface area contributed by atoms with Crippen LogP contribution in [0.4, 0.5) is 5.69 Å². The summed E-state index contributed by atoms with van der Waals surface area (Å²) < 4.78 is 9.66. The van der Waals surface area contributed by atoms with Crippen LogP contribution in [0.5, 0.6) is 5.75 Å². The molecule has 0 radical (unpaired) electrons. The summed E-state index contributed by atoms with van der Waals surface area (Å²) in [5.74, 6) is -0.520. The third-order valence-corrected chi connectivity index (χ3v) is 3.83.